The van der Waals surface area contributed by atoms with Gasteiger partial charge in [-0.2, -0.15) is 15.0 Å². The lowest BCUT2D eigenvalue weighted by molar-refractivity contribution is 0.174. The van der Waals surface area contributed by atoms with Crippen LogP contribution in [0.4, 0.5) is 11.9 Å². The van der Waals surface area contributed by atoms with Gasteiger partial charge >= 0.3 is 0 Å². The highest BCUT2D eigenvalue weighted by Gasteiger charge is 2.19. The summed E-state index contributed by atoms with van der Waals surface area (Å²) < 4.78 is 10.8. The molecule has 24 heavy (non-hydrogen) atoms. The molecule has 128 valence electrons. The summed E-state index contributed by atoms with van der Waals surface area (Å²) in [7, 11) is 5.77. The van der Waals surface area contributed by atoms with E-state index in [9.17, 15) is 0 Å². The van der Waals surface area contributed by atoms with Crippen LogP contribution < -0.4 is 20.1 Å². The van der Waals surface area contributed by atoms with Gasteiger partial charge in [-0.1, -0.05) is 6.07 Å². The maximum Gasteiger partial charge on any atom is 0.231 e. The van der Waals surface area contributed by atoms with E-state index in [0.29, 0.717) is 11.8 Å². The molecule has 8 heteroatoms. The highest BCUT2D eigenvalue weighted by Crippen LogP contribution is 2.33. The molecule has 0 spiro atoms. The molecule has 1 atom stereocenters. The Morgan fingerprint density at radius 2 is 1.88 bits per heavy atom. The van der Waals surface area contributed by atoms with Crippen molar-refractivity contribution in [1.82, 2.24) is 19.9 Å². The molecule has 0 bridgehead atoms. The Morgan fingerprint density at radius 3 is 2.62 bits per heavy atom. The van der Waals surface area contributed by atoms with Crippen molar-refractivity contribution in [3.05, 3.63) is 29.6 Å². The van der Waals surface area contributed by atoms with Crippen LogP contribution in [0.3, 0.4) is 0 Å². The van der Waals surface area contributed by atoms with Crippen molar-refractivity contribution >= 4 is 11.9 Å². The highest BCUT2D eigenvalue weighted by atomic mass is 16.7. The number of hydrogen-bond acceptors (Lipinski definition) is 8. The average molecular weight is 330 g/mol. The second-order valence-corrected chi connectivity index (χ2v) is 6.02. The van der Waals surface area contributed by atoms with Gasteiger partial charge in [0.1, 0.15) is 0 Å². The van der Waals surface area contributed by atoms with E-state index in [4.69, 9.17) is 15.2 Å². The lowest BCUT2D eigenvalue weighted by atomic mass is 10.1. The minimum atomic E-state index is -0.0144. The van der Waals surface area contributed by atoms with E-state index in [1.807, 2.05) is 51.2 Å². The van der Waals surface area contributed by atoms with E-state index in [1.54, 1.807) is 0 Å². The normalized spacial score (nSPS) is 14.0. The fourth-order valence-corrected chi connectivity index (χ4v) is 2.45. The van der Waals surface area contributed by atoms with Gasteiger partial charge in [0.15, 0.2) is 17.3 Å². The number of nitrogen functional groups attached to an aromatic ring is 1. The average Bonchev–Trinajstić information content (AvgIpc) is 3.01. The molecule has 1 aliphatic heterocycles. The quantitative estimate of drug-likeness (QED) is 0.881. The third-order valence-corrected chi connectivity index (χ3v) is 3.96. The van der Waals surface area contributed by atoms with Gasteiger partial charge in [0.05, 0.1) is 6.04 Å². The van der Waals surface area contributed by atoms with Gasteiger partial charge in [-0.25, -0.2) is 0 Å². The van der Waals surface area contributed by atoms with Crippen LogP contribution in [-0.2, 0) is 6.54 Å². The predicted molar refractivity (Wildman–Crippen MR) is 91.0 cm³/mol. The van der Waals surface area contributed by atoms with Crippen LogP contribution in [0.2, 0.25) is 0 Å². The molecule has 1 aliphatic rings. The lowest BCUT2D eigenvalue weighted by Crippen LogP contribution is -2.25. The molecule has 1 aromatic carbocycles. The molecular weight excluding hydrogens is 308 g/mol. The van der Waals surface area contributed by atoms with Crippen molar-refractivity contribution < 1.29 is 9.47 Å². The Morgan fingerprint density at radius 1 is 1.12 bits per heavy atom. The van der Waals surface area contributed by atoms with Gasteiger partial charge in [0, 0.05) is 20.6 Å². The van der Waals surface area contributed by atoms with E-state index >= 15 is 0 Å². The highest BCUT2D eigenvalue weighted by molar-refractivity contribution is 5.44. The number of ether oxygens (including phenoxy) is 2. The van der Waals surface area contributed by atoms with Crippen molar-refractivity contribution in [3.63, 3.8) is 0 Å². The number of nitrogens with zero attached hydrogens (tertiary/aromatic N) is 5. The van der Waals surface area contributed by atoms with Crippen molar-refractivity contribution in [2.75, 3.05) is 38.6 Å². The molecule has 0 amide bonds. The summed E-state index contributed by atoms with van der Waals surface area (Å²) in [5.74, 6) is 3.01. The van der Waals surface area contributed by atoms with Crippen LogP contribution >= 0.6 is 0 Å². The first-order valence-electron chi connectivity index (χ1n) is 7.71. The van der Waals surface area contributed by atoms with Crippen LogP contribution in [-0.4, -0.2) is 47.8 Å². The third kappa shape index (κ3) is 3.33. The van der Waals surface area contributed by atoms with Crippen LogP contribution in [0.15, 0.2) is 18.2 Å². The first-order valence-corrected chi connectivity index (χ1v) is 7.71. The Kier molecular flexibility index (Phi) is 4.39. The zero-order chi connectivity index (χ0) is 17.3. The van der Waals surface area contributed by atoms with Gasteiger partial charge < -0.3 is 20.1 Å². The van der Waals surface area contributed by atoms with Crippen LogP contribution in [0.25, 0.3) is 0 Å². The summed E-state index contributed by atoms with van der Waals surface area (Å²) in [5, 5.41) is 0. The molecule has 0 saturated carbocycles. The molecule has 3 rings (SSSR count). The summed E-state index contributed by atoms with van der Waals surface area (Å²) >= 11 is 0. The minimum Gasteiger partial charge on any atom is -0.454 e. The maximum absolute atomic E-state index is 5.81. The largest absolute Gasteiger partial charge is 0.454 e. The number of nitrogens with two attached hydrogens (primary N) is 1. The molecule has 0 unspecified atom stereocenters. The van der Waals surface area contributed by atoms with Crippen molar-refractivity contribution in [1.29, 1.82) is 0 Å². The number of anilines is 2. The van der Waals surface area contributed by atoms with E-state index in [0.717, 1.165) is 23.6 Å². The molecule has 0 aliphatic carbocycles. The van der Waals surface area contributed by atoms with Crippen LogP contribution in [0, 0.1) is 0 Å². The fraction of sp³-hybridized carbons (Fsp3) is 0.438. The van der Waals surface area contributed by atoms with E-state index in [1.165, 1.54) is 0 Å². The first-order chi connectivity index (χ1) is 11.4. The molecular formula is C16H22N6O2. The van der Waals surface area contributed by atoms with Crippen molar-refractivity contribution in [3.8, 4) is 11.5 Å². The standard InChI is InChI=1S/C16H22N6O2/c1-10(14-18-15(17)20-16(19-14)21(2)3)22(4)8-11-5-6-12-13(7-11)24-9-23-12/h5-7,10H,8-9H2,1-4H3,(H2,17,18,19,20)/t10-/m1/s1. The number of fused-ring (bicyclic) bond motifs is 1. The summed E-state index contributed by atoms with van der Waals surface area (Å²) in [5.41, 5.74) is 6.94. The van der Waals surface area contributed by atoms with E-state index in [2.05, 4.69) is 19.9 Å². The van der Waals surface area contributed by atoms with Crippen LogP contribution in [0.5, 0.6) is 11.5 Å². The van der Waals surface area contributed by atoms with Crippen molar-refractivity contribution in [2.24, 2.45) is 0 Å². The first kappa shape index (κ1) is 16.3. The van der Waals surface area contributed by atoms with Gasteiger partial charge in [-0.05, 0) is 31.7 Å². The molecule has 0 radical (unpaired) electrons. The minimum absolute atomic E-state index is 0.0144. The summed E-state index contributed by atoms with van der Waals surface area (Å²) in [6, 6.07) is 5.95. The number of hydrogen-bond donors (Lipinski definition) is 1. The maximum atomic E-state index is 5.81. The number of rotatable bonds is 5. The SMILES string of the molecule is C[C@H](c1nc(N)nc(N(C)C)n1)N(C)Cc1ccc2c(c1)OCO2. The molecule has 2 heterocycles. The van der Waals surface area contributed by atoms with E-state index < -0.39 is 0 Å². The van der Waals surface area contributed by atoms with Gasteiger partial charge in [-0.3, -0.25) is 4.90 Å². The molecule has 0 fully saturated rings. The zero-order valence-corrected chi connectivity index (χ0v) is 14.4. The lowest BCUT2D eigenvalue weighted by Gasteiger charge is -2.24. The molecule has 1 aromatic heterocycles. The van der Waals surface area contributed by atoms with Crippen molar-refractivity contribution in [2.45, 2.75) is 19.5 Å². The number of aromatic nitrogens is 3. The van der Waals surface area contributed by atoms with Gasteiger partial charge in [-0.15, -0.1) is 0 Å². The Labute approximate surface area is 141 Å². The molecule has 2 N–H and O–H groups in total. The predicted octanol–water partition coefficient (Wildman–Crippen LogP) is 1.44. The number of benzene rings is 1. The topological polar surface area (TPSA) is 89.6 Å². The van der Waals surface area contributed by atoms with Gasteiger partial charge in [0.25, 0.3) is 0 Å². The van der Waals surface area contributed by atoms with Gasteiger partial charge in [0.2, 0.25) is 18.7 Å². The third-order valence-electron chi connectivity index (χ3n) is 3.96. The second-order valence-electron chi connectivity index (χ2n) is 6.02. The monoisotopic (exact) mass is 330 g/mol. The van der Waals surface area contributed by atoms with E-state index in [-0.39, 0.29) is 18.8 Å². The Bertz CT molecular complexity index is 737. The molecule has 8 nitrogen and oxygen atoms in total. The zero-order valence-electron chi connectivity index (χ0n) is 14.4. The Hall–Kier alpha value is -2.61. The second kappa shape index (κ2) is 6.48. The fourth-order valence-electron chi connectivity index (χ4n) is 2.45. The Balaban J connectivity index is 1.76. The summed E-state index contributed by atoms with van der Waals surface area (Å²) in [4.78, 5) is 16.9. The summed E-state index contributed by atoms with van der Waals surface area (Å²) in [6.07, 6.45) is 0. The smallest absolute Gasteiger partial charge is 0.231 e. The molecule has 2 aromatic rings. The molecule has 0 saturated heterocycles. The summed E-state index contributed by atoms with van der Waals surface area (Å²) in [6.45, 7) is 3.05. The van der Waals surface area contributed by atoms with Crippen LogP contribution in [0.1, 0.15) is 24.4 Å².